The van der Waals surface area contributed by atoms with Crippen LogP contribution < -0.4 is 9.47 Å². The van der Waals surface area contributed by atoms with Crippen LogP contribution in [0.2, 0.25) is 0 Å². The highest BCUT2D eigenvalue weighted by atomic mass is 19.4. The van der Waals surface area contributed by atoms with Gasteiger partial charge in [0.15, 0.2) is 0 Å². The first-order valence-electron chi connectivity index (χ1n) is 7.81. The number of benzene rings is 2. The molecule has 4 nitrogen and oxygen atoms in total. The first-order chi connectivity index (χ1) is 12.4. The predicted octanol–water partition coefficient (Wildman–Crippen LogP) is 4.99. The number of hydrogen-bond donors (Lipinski definition) is 1. The predicted molar refractivity (Wildman–Crippen MR) is 93.5 cm³/mol. The van der Waals surface area contributed by atoms with Crippen LogP contribution in [0.1, 0.15) is 11.1 Å². The van der Waals surface area contributed by atoms with E-state index in [9.17, 15) is 13.2 Å². The minimum Gasteiger partial charge on any atom is -0.497 e. The fraction of sp³-hybridized carbons (Fsp3) is 0.211. The number of aromatic nitrogens is 2. The molecule has 136 valence electrons. The molecule has 0 bridgehead atoms. The zero-order chi connectivity index (χ0) is 18.9. The lowest BCUT2D eigenvalue weighted by Crippen LogP contribution is -2.06. The average molecular weight is 362 g/mol. The van der Waals surface area contributed by atoms with Crippen molar-refractivity contribution in [2.75, 3.05) is 14.2 Å². The first kappa shape index (κ1) is 17.8. The summed E-state index contributed by atoms with van der Waals surface area (Å²) < 4.78 is 50.7. The van der Waals surface area contributed by atoms with E-state index < -0.39 is 11.7 Å². The molecule has 0 aliphatic rings. The molecule has 0 saturated heterocycles. The molecule has 0 atom stereocenters. The van der Waals surface area contributed by atoms with Gasteiger partial charge in [-0.3, -0.25) is 5.10 Å². The normalized spacial score (nSPS) is 11.6. The molecule has 1 heterocycles. The molecule has 0 fully saturated rings. The molecule has 0 radical (unpaired) electrons. The summed E-state index contributed by atoms with van der Waals surface area (Å²) in [5.74, 6) is 1.03. The molecule has 1 N–H and O–H groups in total. The Labute approximate surface area is 148 Å². The largest absolute Gasteiger partial charge is 0.497 e. The van der Waals surface area contributed by atoms with Crippen molar-refractivity contribution >= 4 is 10.9 Å². The number of nitrogens with one attached hydrogen (secondary N) is 1. The van der Waals surface area contributed by atoms with E-state index in [4.69, 9.17) is 9.47 Å². The number of halogens is 3. The summed E-state index contributed by atoms with van der Waals surface area (Å²) in [5.41, 5.74) is 0.854. The summed E-state index contributed by atoms with van der Waals surface area (Å²) >= 11 is 0. The van der Waals surface area contributed by atoms with Crippen LogP contribution in [-0.4, -0.2) is 24.4 Å². The Morgan fingerprint density at radius 2 is 1.92 bits per heavy atom. The minimum absolute atomic E-state index is 0.0512. The zero-order valence-electron chi connectivity index (χ0n) is 14.3. The minimum atomic E-state index is -4.49. The van der Waals surface area contributed by atoms with E-state index in [2.05, 4.69) is 16.8 Å². The number of hydrogen-bond acceptors (Lipinski definition) is 3. The van der Waals surface area contributed by atoms with Crippen LogP contribution in [0, 0.1) is 0 Å². The number of fused-ring (bicyclic) bond motifs is 1. The highest BCUT2D eigenvalue weighted by Gasteiger charge is 2.34. The average Bonchev–Trinajstić information content (AvgIpc) is 3.05. The van der Waals surface area contributed by atoms with Crippen molar-refractivity contribution in [3.05, 3.63) is 54.1 Å². The Balaban J connectivity index is 2.33. The van der Waals surface area contributed by atoms with Crippen molar-refractivity contribution < 1.29 is 22.6 Å². The molecule has 0 unspecified atom stereocenters. The first-order valence-corrected chi connectivity index (χ1v) is 7.81. The van der Waals surface area contributed by atoms with E-state index in [1.807, 2.05) is 0 Å². The summed E-state index contributed by atoms with van der Waals surface area (Å²) in [4.78, 5) is 0. The van der Waals surface area contributed by atoms with E-state index in [1.165, 1.54) is 20.3 Å². The number of alkyl halides is 3. The number of allylic oxidation sites excluding steroid dienone is 1. The molecule has 3 rings (SSSR count). The Morgan fingerprint density at radius 3 is 2.54 bits per heavy atom. The Morgan fingerprint density at radius 1 is 1.15 bits per heavy atom. The van der Waals surface area contributed by atoms with E-state index in [-0.39, 0.29) is 5.52 Å². The molecule has 0 aliphatic carbocycles. The molecule has 26 heavy (non-hydrogen) atoms. The van der Waals surface area contributed by atoms with Crippen LogP contribution in [0.3, 0.4) is 0 Å². The van der Waals surface area contributed by atoms with Crippen molar-refractivity contribution in [3.63, 3.8) is 0 Å². The van der Waals surface area contributed by atoms with Crippen molar-refractivity contribution in [2.24, 2.45) is 0 Å². The Kier molecular flexibility index (Phi) is 4.63. The van der Waals surface area contributed by atoms with Gasteiger partial charge in [0.25, 0.3) is 0 Å². The standard InChI is InChI=1S/C19H17F3N2O2/c1-4-5-11-6-9-14(19(20,21)22)18-16(11)17(23-24-18)13-8-7-12(25-2)10-15(13)26-3/h4,6-10H,1,5H2,2-3H3,(H,23,24). The second-order valence-corrected chi connectivity index (χ2v) is 5.65. The lowest BCUT2D eigenvalue weighted by Gasteiger charge is -2.12. The van der Waals surface area contributed by atoms with Gasteiger partial charge < -0.3 is 9.47 Å². The fourth-order valence-electron chi connectivity index (χ4n) is 2.95. The fourth-order valence-corrected chi connectivity index (χ4v) is 2.95. The third-order valence-corrected chi connectivity index (χ3v) is 4.14. The van der Waals surface area contributed by atoms with Crippen molar-refractivity contribution in [3.8, 4) is 22.8 Å². The van der Waals surface area contributed by atoms with Crippen molar-refractivity contribution in [1.82, 2.24) is 10.2 Å². The van der Waals surface area contributed by atoms with Crippen LogP contribution in [0.25, 0.3) is 22.2 Å². The highest BCUT2D eigenvalue weighted by Crippen LogP contribution is 2.41. The van der Waals surface area contributed by atoms with E-state index in [0.717, 1.165) is 6.07 Å². The van der Waals surface area contributed by atoms with Crippen molar-refractivity contribution in [2.45, 2.75) is 12.6 Å². The third kappa shape index (κ3) is 3.00. The van der Waals surface area contributed by atoms with Crippen LogP contribution in [0.15, 0.2) is 43.0 Å². The lowest BCUT2D eigenvalue weighted by atomic mass is 9.97. The van der Waals surface area contributed by atoms with Gasteiger partial charge in [-0.15, -0.1) is 6.58 Å². The van der Waals surface area contributed by atoms with Gasteiger partial charge in [-0.25, -0.2) is 0 Å². The molecule has 7 heteroatoms. The van der Waals surface area contributed by atoms with Crippen LogP contribution >= 0.6 is 0 Å². The van der Waals surface area contributed by atoms with Gasteiger partial charge in [0.2, 0.25) is 0 Å². The summed E-state index contributed by atoms with van der Waals surface area (Å²) in [6.07, 6.45) is -2.43. The molecule has 0 saturated carbocycles. The van der Waals surface area contributed by atoms with Gasteiger partial charge in [0.05, 0.1) is 25.3 Å². The van der Waals surface area contributed by atoms with Gasteiger partial charge >= 0.3 is 6.18 Å². The summed E-state index contributed by atoms with van der Waals surface area (Å²) in [7, 11) is 3.01. The monoisotopic (exact) mass is 362 g/mol. The number of aromatic amines is 1. The summed E-state index contributed by atoms with van der Waals surface area (Å²) in [5, 5.41) is 7.12. The van der Waals surface area contributed by atoms with Gasteiger partial charge in [0, 0.05) is 17.0 Å². The smallest absolute Gasteiger partial charge is 0.418 e. The number of rotatable bonds is 5. The van der Waals surface area contributed by atoms with Crippen LogP contribution in [-0.2, 0) is 12.6 Å². The third-order valence-electron chi connectivity index (χ3n) is 4.14. The molecule has 0 amide bonds. The molecular weight excluding hydrogens is 345 g/mol. The highest BCUT2D eigenvalue weighted by molar-refractivity contribution is 5.98. The topological polar surface area (TPSA) is 47.1 Å². The molecule has 0 aliphatic heterocycles. The number of methoxy groups -OCH3 is 2. The Bertz CT molecular complexity index is 961. The second-order valence-electron chi connectivity index (χ2n) is 5.65. The SMILES string of the molecule is C=CCc1ccc(C(F)(F)F)c2[nH]nc(-c3ccc(OC)cc3OC)c12. The van der Waals surface area contributed by atoms with Gasteiger partial charge in [-0.1, -0.05) is 12.1 Å². The molecule has 0 spiro atoms. The Hall–Kier alpha value is -2.96. The number of nitrogens with zero attached hydrogens (tertiary/aromatic N) is 1. The number of H-pyrrole nitrogens is 1. The van der Waals surface area contributed by atoms with E-state index >= 15 is 0 Å². The van der Waals surface area contributed by atoms with Crippen molar-refractivity contribution in [1.29, 1.82) is 0 Å². The maximum absolute atomic E-state index is 13.4. The number of ether oxygens (including phenoxy) is 2. The lowest BCUT2D eigenvalue weighted by molar-refractivity contribution is -0.136. The second kappa shape index (κ2) is 6.74. The van der Waals surface area contributed by atoms with E-state index in [1.54, 1.807) is 24.3 Å². The van der Waals surface area contributed by atoms with E-state index in [0.29, 0.717) is 40.1 Å². The maximum atomic E-state index is 13.4. The molecule has 2 aromatic carbocycles. The quantitative estimate of drug-likeness (QED) is 0.650. The van der Waals surface area contributed by atoms with Gasteiger partial charge in [-0.05, 0) is 30.2 Å². The molecule has 1 aromatic heterocycles. The summed E-state index contributed by atoms with van der Waals surface area (Å²) in [6.45, 7) is 3.68. The molecular formula is C19H17F3N2O2. The van der Waals surface area contributed by atoms with Crippen LogP contribution in [0.5, 0.6) is 11.5 Å². The van der Waals surface area contributed by atoms with Gasteiger partial charge in [-0.2, -0.15) is 18.3 Å². The van der Waals surface area contributed by atoms with Crippen LogP contribution in [0.4, 0.5) is 13.2 Å². The maximum Gasteiger partial charge on any atom is 0.418 e. The molecule has 3 aromatic rings. The zero-order valence-corrected chi connectivity index (χ0v) is 14.3. The summed E-state index contributed by atoms with van der Waals surface area (Å²) in [6, 6.07) is 7.61. The van der Waals surface area contributed by atoms with Gasteiger partial charge in [0.1, 0.15) is 17.2 Å².